The van der Waals surface area contributed by atoms with Crippen LogP contribution in [0.15, 0.2) is 146 Å². The maximum Gasteiger partial charge on any atom is 0.170 e. The van der Waals surface area contributed by atoms with Crippen molar-refractivity contribution < 1.29 is 4.57 Å². The average Bonchev–Trinajstić information content (AvgIpc) is 3.39. The number of hydrogen-bond acceptors (Lipinski definition) is 1. The SMILES string of the molecule is C[Si]1(C)c2ccccc2P(=O)(c2ccccc2)c2ccc(-c3cccc(-n4c5ccccc5c5ccccc54)c3)cc21. The van der Waals surface area contributed by atoms with Gasteiger partial charge in [0, 0.05) is 32.4 Å². The Morgan fingerprint density at radius 2 is 1.12 bits per heavy atom. The number of aromatic nitrogens is 1. The number of benzene rings is 6. The van der Waals surface area contributed by atoms with Crippen molar-refractivity contribution in [3.8, 4) is 16.8 Å². The summed E-state index contributed by atoms with van der Waals surface area (Å²) in [6, 6.07) is 51.3. The van der Waals surface area contributed by atoms with Gasteiger partial charge in [-0.1, -0.05) is 134 Å². The van der Waals surface area contributed by atoms with E-state index in [0.717, 1.165) is 32.7 Å². The van der Waals surface area contributed by atoms with Crippen LogP contribution in [0.3, 0.4) is 0 Å². The fourth-order valence-corrected chi connectivity index (χ4v) is 15.2. The van der Waals surface area contributed by atoms with Crippen LogP contribution in [0.4, 0.5) is 0 Å². The molecule has 4 heteroatoms. The Balaban J connectivity index is 1.33. The molecule has 0 saturated heterocycles. The lowest BCUT2D eigenvalue weighted by molar-refractivity contribution is 0.592. The highest BCUT2D eigenvalue weighted by Crippen LogP contribution is 2.44. The van der Waals surface area contributed by atoms with Crippen LogP contribution >= 0.6 is 7.14 Å². The van der Waals surface area contributed by atoms with Crippen LogP contribution in [0, 0.1) is 0 Å². The first kappa shape index (κ1) is 25.3. The summed E-state index contributed by atoms with van der Waals surface area (Å²) in [7, 11) is -5.14. The second-order valence-electron chi connectivity index (χ2n) is 11.7. The van der Waals surface area contributed by atoms with Crippen molar-refractivity contribution in [2.45, 2.75) is 13.1 Å². The second-order valence-corrected chi connectivity index (χ2v) is 18.8. The maximum atomic E-state index is 15.3. The van der Waals surface area contributed by atoms with E-state index in [9.17, 15) is 0 Å². The molecule has 0 aliphatic carbocycles. The third-order valence-electron chi connectivity index (χ3n) is 9.06. The zero-order valence-corrected chi connectivity index (χ0v) is 25.6. The average molecular weight is 576 g/mol. The topological polar surface area (TPSA) is 22.0 Å². The summed E-state index contributed by atoms with van der Waals surface area (Å²) in [6.07, 6.45) is 0. The molecule has 0 amide bonds. The summed E-state index contributed by atoms with van der Waals surface area (Å²) in [5.41, 5.74) is 5.87. The van der Waals surface area contributed by atoms with Crippen molar-refractivity contribution in [2.75, 3.05) is 0 Å². The summed E-state index contributed by atoms with van der Waals surface area (Å²) in [5, 5.41) is 8.00. The molecule has 0 saturated carbocycles. The van der Waals surface area contributed by atoms with Crippen LogP contribution in [0.2, 0.25) is 13.1 Å². The van der Waals surface area contributed by atoms with Crippen LogP contribution in [-0.4, -0.2) is 12.6 Å². The van der Waals surface area contributed by atoms with Crippen LogP contribution in [0.25, 0.3) is 38.6 Å². The summed E-state index contributed by atoms with van der Waals surface area (Å²) >= 11 is 0. The predicted octanol–water partition coefficient (Wildman–Crippen LogP) is 7.23. The summed E-state index contributed by atoms with van der Waals surface area (Å²) in [4.78, 5) is 0. The Kier molecular flexibility index (Phi) is 5.59. The minimum Gasteiger partial charge on any atom is -0.309 e. The van der Waals surface area contributed by atoms with Crippen LogP contribution in [0.5, 0.6) is 0 Å². The lowest BCUT2D eigenvalue weighted by Gasteiger charge is -2.38. The van der Waals surface area contributed by atoms with Crippen LogP contribution in [0.1, 0.15) is 0 Å². The third kappa shape index (κ3) is 3.54. The van der Waals surface area contributed by atoms with E-state index in [1.165, 1.54) is 32.2 Å². The number of nitrogens with zero attached hydrogens (tertiary/aromatic N) is 1. The highest BCUT2D eigenvalue weighted by atomic mass is 31.2. The van der Waals surface area contributed by atoms with E-state index < -0.39 is 15.2 Å². The highest BCUT2D eigenvalue weighted by molar-refractivity contribution is 7.86. The summed E-state index contributed by atoms with van der Waals surface area (Å²) in [6.45, 7) is 4.80. The van der Waals surface area contributed by atoms with Gasteiger partial charge in [0.25, 0.3) is 0 Å². The molecule has 8 rings (SSSR count). The molecular formula is C38H30NOPSi. The molecule has 0 bridgehead atoms. The van der Waals surface area contributed by atoms with E-state index >= 15 is 4.57 Å². The smallest absolute Gasteiger partial charge is 0.170 e. The van der Waals surface area contributed by atoms with Gasteiger partial charge in [0.2, 0.25) is 0 Å². The molecule has 7 aromatic rings. The van der Waals surface area contributed by atoms with E-state index in [0.29, 0.717) is 0 Å². The molecule has 202 valence electrons. The Bertz CT molecular complexity index is 2160. The van der Waals surface area contributed by atoms with Crippen molar-refractivity contribution in [3.63, 3.8) is 0 Å². The minimum absolute atomic E-state index is 0.907. The molecule has 1 unspecified atom stereocenters. The van der Waals surface area contributed by atoms with Gasteiger partial charge in [0.15, 0.2) is 7.14 Å². The number of fused-ring (bicyclic) bond motifs is 5. The quantitative estimate of drug-likeness (QED) is 0.161. The first-order valence-corrected chi connectivity index (χ1v) is 19.2. The summed E-state index contributed by atoms with van der Waals surface area (Å²) in [5.74, 6) is 0. The van der Waals surface area contributed by atoms with Gasteiger partial charge < -0.3 is 9.13 Å². The molecule has 0 radical (unpaired) electrons. The fraction of sp³-hybridized carbons (Fsp3) is 0.0526. The van der Waals surface area contributed by atoms with Gasteiger partial charge in [0.1, 0.15) is 8.07 Å². The van der Waals surface area contributed by atoms with Crippen molar-refractivity contribution in [1.29, 1.82) is 0 Å². The third-order valence-corrected chi connectivity index (χ3v) is 16.2. The first-order chi connectivity index (χ1) is 20.5. The molecule has 0 spiro atoms. The maximum absolute atomic E-state index is 15.3. The van der Waals surface area contributed by atoms with Crippen molar-refractivity contribution in [3.05, 3.63) is 146 Å². The monoisotopic (exact) mass is 575 g/mol. The van der Waals surface area contributed by atoms with Crippen molar-refractivity contribution in [1.82, 2.24) is 4.57 Å². The minimum atomic E-state index is -3.01. The van der Waals surface area contributed by atoms with E-state index in [-0.39, 0.29) is 0 Å². The molecule has 2 nitrogen and oxygen atoms in total. The summed E-state index contributed by atoms with van der Waals surface area (Å²) < 4.78 is 17.7. The van der Waals surface area contributed by atoms with Crippen molar-refractivity contribution >= 4 is 63.3 Å². The Morgan fingerprint density at radius 1 is 0.524 bits per heavy atom. The Labute approximate surface area is 247 Å². The largest absolute Gasteiger partial charge is 0.309 e. The van der Waals surface area contributed by atoms with Gasteiger partial charge in [-0.2, -0.15) is 0 Å². The second kappa shape index (κ2) is 9.29. The van der Waals surface area contributed by atoms with E-state index in [1.807, 2.05) is 36.4 Å². The van der Waals surface area contributed by atoms with E-state index in [2.05, 4.69) is 127 Å². The van der Waals surface area contributed by atoms with Gasteiger partial charge in [-0.05, 0) is 45.8 Å². The lowest BCUT2D eigenvalue weighted by Crippen LogP contribution is -2.67. The molecule has 2 heterocycles. The van der Waals surface area contributed by atoms with Crippen LogP contribution < -0.4 is 26.3 Å². The van der Waals surface area contributed by atoms with Gasteiger partial charge in [-0.25, -0.2) is 0 Å². The standard InChI is InChI=1S/C38H30NOPSi/c1-42(2)37-22-11-10-21-35(37)41(40,30-15-4-3-5-16-30)36-24-23-28(26-38(36)42)27-13-12-14-29(25-27)39-33-19-8-6-17-31(33)32-18-7-9-20-34(32)39/h3-26H,1-2H3. The van der Waals surface area contributed by atoms with E-state index in [4.69, 9.17) is 0 Å². The zero-order valence-electron chi connectivity index (χ0n) is 23.7. The lowest BCUT2D eigenvalue weighted by atomic mass is 10.0. The number of para-hydroxylation sites is 2. The van der Waals surface area contributed by atoms with Gasteiger partial charge >= 0.3 is 0 Å². The molecule has 1 aliphatic heterocycles. The predicted molar refractivity (Wildman–Crippen MR) is 182 cm³/mol. The number of rotatable bonds is 3. The van der Waals surface area contributed by atoms with Crippen molar-refractivity contribution in [2.24, 2.45) is 0 Å². The molecule has 1 atom stereocenters. The first-order valence-electron chi connectivity index (χ1n) is 14.5. The molecule has 6 aromatic carbocycles. The Morgan fingerprint density at radius 3 is 1.86 bits per heavy atom. The zero-order chi connectivity index (χ0) is 28.5. The number of hydrogen-bond donors (Lipinski definition) is 0. The molecule has 42 heavy (non-hydrogen) atoms. The van der Waals surface area contributed by atoms with Gasteiger partial charge in [-0.15, -0.1) is 0 Å². The molecule has 0 N–H and O–H groups in total. The van der Waals surface area contributed by atoms with E-state index in [1.54, 1.807) is 0 Å². The molecule has 0 fully saturated rings. The molecular weight excluding hydrogens is 545 g/mol. The van der Waals surface area contributed by atoms with Crippen LogP contribution in [-0.2, 0) is 4.57 Å². The van der Waals surface area contributed by atoms with Gasteiger partial charge in [-0.3, -0.25) is 0 Å². The molecule has 1 aromatic heterocycles. The fourth-order valence-electron chi connectivity index (χ4n) is 6.98. The normalized spacial score (nSPS) is 17.2. The Hall–Kier alpha value is -4.43. The van der Waals surface area contributed by atoms with Gasteiger partial charge in [0.05, 0.1) is 11.0 Å². The molecule has 1 aliphatic rings. The highest BCUT2D eigenvalue weighted by Gasteiger charge is 2.45.